The highest BCUT2D eigenvalue weighted by atomic mass is 16.2. The summed E-state index contributed by atoms with van der Waals surface area (Å²) in [6.45, 7) is 7.48. The molecule has 3 nitrogen and oxygen atoms in total. The molecule has 1 heterocycles. The second kappa shape index (κ2) is 7.61. The van der Waals surface area contributed by atoms with Gasteiger partial charge in [0, 0.05) is 25.8 Å². The third kappa shape index (κ3) is 3.88. The summed E-state index contributed by atoms with van der Waals surface area (Å²) in [6.07, 6.45) is 0. The van der Waals surface area contributed by atoms with Gasteiger partial charge in [0.2, 0.25) is 0 Å². The predicted molar refractivity (Wildman–Crippen MR) is 106 cm³/mol. The van der Waals surface area contributed by atoms with Crippen molar-refractivity contribution in [2.75, 3.05) is 7.05 Å². The van der Waals surface area contributed by atoms with Crippen LogP contribution < -0.4 is 0 Å². The molecule has 0 N–H and O–H groups in total. The number of amides is 1. The number of aryl methyl sites for hydroxylation is 3. The second-order valence-corrected chi connectivity index (χ2v) is 7.04. The van der Waals surface area contributed by atoms with E-state index in [4.69, 9.17) is 0 Å². The van der Waals surface area contributed by atoms with Gasteiger partial charge in [0.25, 0.3) is 5.91 Å². The Bertz CT molecular complexity index is 892. The van der Waals surface area contributed by atoms with Crippen molar-refractivity contribution in [3.05, 3.63) is 94.3 Å². The van der Waals surface area contributed by atoms with Crippen molar-refractivity contribution < 1.29 is 4.79 Å². The quantitative estimate of drug-likeness (QED) is 0.655. The van der Waals surface area contributed by atoms with E-state index in [1.165, 1.54) is 11.1 Å². The first-order valence-electron chi connectivity index (χ1n) is 8.97. The van der Waals surface area contributed by atoms with E-state index in [9.17, 15) is 4.79 Å². The molecule has 0 aliphatic carbocycles. The Labute approximate surface area is 155 Å². The Balaban J connectivity index is 1.86. The fourth-order valence-corrected chi connectivity index (χ4v) is 3.32. The number of nitrogens with zero attached hydrogens (tertiary/aromatic N) is 2. The number of hydrogen-bond donors (Lipinski definition) is 0. The van der Waals surface area contributed by atoms with Crippen LogP contribution in [0.25, 0.3) is 0 Å². The monoisotopic (exact) mass is 346 g/mol. The van der Waals surface area contributed by atoms with E-state index in [-0.39, 0.29) is 5.91 Å². The van der Waals surface area contributed by atoms with Gasteiger partial charge in [0.05, 0.1) is 0 Å². The highest BCUT2D eigenvalue weighted by Crippen LogP contribution is 2.20. The average Bonchev–Trinajstić information content (AvgIpc) is 2.90. The average molecular weight is 346 g/mol. The van der Waals surface area contributed by atoms with Crippen molar-refractivity contribution in [3.63, 3.8) is 0 Å². The molecule has 0 bridgehead atoms. The first kappa shape index (κ1) is 18.0. The minimum absolute atomic E-state index is 0.0616. The Kier molecular flexibility index (Phi) is 5.27. The minimum atomic E-state index is 0.0616. The maximum Gasteiger partial charge on any atom is 0.270 e. The molecule has 2 aromatic carbocycles. The zero-order valence-electron chi connectivity index (χ0n) is 16.0. The standard InChI is InChI=1S/C23H26N2O/c1-17-10-12-21(13-11-17)16-25-19(3)14-18(2)22(25)23(26)24(4)15-20-8-6-5-7-9-20/h5-14H,15-16H2,1-4H3. The first-order chi connectivity index (χ1) is 12.5. The van der Waals surface area contributed by atoms with Crippen molar-refractivity contribution in [2.24, 2.45) is 0 Å². The molecule has 3 aromatic rings. The van der Waals surface area contributed by atoms with Gasteiger partial charge in [0.15, 0.2) is 0 Å². The van der Waals surface area contributed by atoms with Crippen molar-refractivity contribution in [2.45, 2.75) is 33.9 Å². The lowest BCUT2D eigenvalue weighted by Gasteiger charge is -2.20. The van der Waals surface area contributed by atoms with E-state index in [2.05, 4.69) is 48.7 Å². The maximum atomic E-state index is 13.2. The Morgan fingerprint density at radius 2 is 1.58 bits per heavy atom. The molecule has 1 amide bonds. The van der Waals surface area contributed by atoms with Crippen molar-refractivity contribution in [1.29, 1.82) is 0 Å². The molecule has 0 aliphatic heterocycles. The van der Waals surface area contributed by atoms with Crippen molar-refractivity contribution in [1.82, 2.24) is 9.47 Å². The van der Waals surface area contributed by atoms with Crippen LogP contribution in [0.2, 0.25) is 0 Å². The van der Waals surface area contributed by atoms with Crippen LogP contribution in [0.4, 0.5) is 0 Å². The first-order valence-corrected chi connectivity index (χ1v) is 8.97. The molecule has 0 fully saturated rings. The zero-order valence-corrected chi connectivity index (χ0v) is 16.0. The van der Waals surface area contributed by atoms with E-state index >= 15 is 0 Å². The highest BCUT2D eigenvalue weighted by Gasteiger charge is 2.21. The molecule has 26 heavy (non-hydrogen) atoms. The van der Waals surface area contributed by atoms with Crippen LogP contribution in [-0.2, 0) is 13.1 Å². The number of hydrogen-bond acceptors (Lipinski definition) is 1. The molecule has 134 valence electrons. The van der Waals surface area contributed by atoms with E-state index in [1.54, 1.807) is 4.90 Å². The zero-order chi connectivity index (χ0) is 18.7. The topological polar surface area (TPSA) is 25.2 Å². The van der Waals surface area contributed by atoms with Gasteiger partial charge in [-0.2, -0.15) is 0 Å². The van der Waals surface area contributed by atoms with Crippen molar-refractivity contribution >= 4 is 5.91 Å². The molecule has 3 heteroatoms. The van der Waals surface area contributed by atoms with Crippen LogP contribution in [0, 0.1) is 20.8 Å². The molecular formula is C23H26N2O. The lowest BCUT2D eigenvalue weighted by atomic mass is 10.1. The fraction of sp³-hybridized carbons (Fsp3) is 0.261. The summed E-state index contributed by atoms with van der Waals surface area (Å²) in [5.74, 6) is 0.0616. The highest BCUT2D eigenvalue weighted by molar-refractivity contribution is 5.94. The van der Waals surface area contributed by atoms with Gasteiger partial charge < -0.3 is 9.47 Å². The van der Waals surface area contributed by atoms with E-state index in [0.717, 1.165) is 22.5 Å². The van der Waals surface area contributed by atoms with Crippen LogP contribution in [-0.4, -0.2) is 22.4 Å². The smallest absolute Gasteiger partial charge is 0.270 e. The van der Waals surface area contributed by atoms with Crippen molar-refractivity contribution in [3.8, 4) is 0 Å². The molecule has 0 unspecified atom stereocenters. The summed E-state index contributed by atoms with van der Waals surface area (Å²) >= 11 is 0. The number of carbonyl (C=O) groups excluding carboxylic acids is 1. The van der Waals surface area contributed by atoms with E-state index in [1.807, 2.05) is 44.3 Å². The van der Waals surface area contributed by atoms with Crippen LogP contribution in [0.15, 0.2) is 60.7 Å². The summed E-state index contributed by atoms with van der Waals surface area (Å²) in [5, 5.41) is 0. The summed E-state index contributed by atoms with van der Waals surface area (Å²) in [6, 6.07) is 20.7. The molecule has 3 rings (SSSR count). The van der Waals surface area contributed by atoms with Gasteiger partial charge >= 0.3 is 0 Å². The largest absolute Gasteiger partial charge is 0.336 e. The van der Waals surface area contributed by atoms with Crippen LogP contribution in [0.5, 0.6) is 0 Å². The van der Waals surface area contributed by atoms with Gasteiger partial charge in [-0.05, 0) is 43.5 Å². The fourth-order valence-electron chi connectivity index (χ4n) is 3.32. The van der Waals surface area contributed by atoms with Gasteiger partial charge in [0.1, 0.15) is 5.69 Å². The molecule has 0 radical (unpaired) electrons. The summed E-state index contributed by atoms with van der Waals surface area (Å²) < 4.78 is 2.13. The molecule has 0 aliphatic rings. The molecule has 0 atom stereocenters. The summed E-state index contributed by atoms with van der Waals surface area (Å²) in [7, 11) is 1.87. The second-order valence-electron chi connectivity index (χ2n) is 7.04. The van der Waals surface area contributed by atoms with Crippen LogP contribution >= 0.6 is 0 Å². The molecule has 0 saturated heterocycles. The summed E-state index contributed by atoms with van der Waals surface area (Å²) in [5.41, 5.74) is 6.50. The number of carbonyl (C=O) groups is 1. The number of rotatable bonds is 5. The van der Waals surface area contributed by atoms with E-state index in [0.29, 0.717) is 13.1 Å². The SMILES string of the molecule is Cc1ccc(Cn2c(C)cc(C)c2C(=O)N(C)Cc2ccccc2)cc1. The Morgan fingerprint density at radius 3 is 2.23 bits per heavy atom. The molecular weight excluding hydrogens is 320 g/mol. The normalized spacial score (nSPS) is 10.8. The molecule has 0 saturated carbocycles. The lowest BCUT2D eigenvalue weighted by molar-refractivity contribution is 0.0774. The molecule has 0 spiro atoms. The van der Waals surface area contributed by atoms with Crippen LogP contribution in [0.3, 0.4) is 0 Å². The maximum absolute atomic E-state index is 13.2. The third-order valence-electron chi connectivity index (χ3n) is 4.77. The number of benzene rings is 2. The van der Waals surface area contributed by atoms with Gasteiger partial charge in [-0.3, -0.25) is 4.79 Å². The van der Waals surface area contributed by atoms with E-state index < -0.39 is 0 Å². The lowest BCUT2D eigenvalue weighted by Crippen LogP contribution is -2.29. The Hall–Kier alpha value is -2.81. The van der Waals surface area contributed by atoms with Crippen LogP contribution in [0.1, 0.15) is 38.4 Å². The summed E-state index contributed by atoms with van der Waals surface area (Å²) in [4.78, 5) is 14.9. The number of aromatic nitrogens is 1. The third-order valence-corrected chi connectivity index (χ3v) is 4.77. The Morgan fingerprint density at radius 1 is 0.923 bits per heavy atom. The molecule has 1 aromatic heterocycles. The van der Waals surface area contributed by atoms with Gasteiger partial charge in [-0.15, -0.1) is 0 Å². The van der Waals surface area contributed by atoms with Gasteiger partial charge in [-0.25, -0.2) is 0 Å². The minimum Gasteiger partial charge on any atom is -0.336 e. The van der Waals surface area contributed by atoms with Gasteiger partial charge in [-0.1, -0.05) is 60.2 Å². The predicted octanol–water partition coefficient (Wildman–Crippen LogP) is 4.73.